The molecule has 0 bridgehead atoms. The lowest BCUT2D eigenvalue weighted by molar-refractivity contribution is 0.509. The Bertz CT molecular complexity index is 276. The Morgan fingerprint density at radius 2 is 1.44 bits per heavy atom. The highest BCUT2D eigenvalue weighted by molar-refractivity contribution is 8.02. The predicted molar refractivity (Wildman–Crippen MR) is 81.3 cm³/mol. The van der Waals surface area contributed by atoms with Crippen molar-refractivity contribution < 1.29 is 12.0 Å². The number of unbranched alkanes of at least 4 members (excludes halogenated alkanes) is 4. The molecule has 0 radical (unpaired) electrons. The normalized spacial score (nSPS) is 13.7. The molecule has 0 saturated heterocycles. The van der Waals surface area contributed by atoms with Gasteiger partial charge >= 0.3 is 10.1 Å². The average molecular weight is 298 g/mol. The minimum atomic E-state index is -3.29. The number of hydrogen-bond acceptors (Lipinski definition) is 3. The van der Waals surface area contributed by atoms with Crippen LogP contribution in [0, 0.1) is 0 Å². The summed E-state index contributed by atoms with van der Waals surface area (Å²) >= 11 is -0.387. The van der Waals surface area contributed by atoms with Crippen LogP contribution in [0.25, 0.3) is 0 Å². The largest absolute Gasteiger partial charge is 0.311 e. The Labute approximate surface area is 116 Å². The average Bonchev–Trinajstić information content (AvgIpc) is 2.30. The molecular formula is C13H29O3S2+. The second-order valence-electron chi connectivity index (χ2n) is 4.59. The van der Waals surface area contributed by atoms with E-state index in [-0.39, 0.29) is 16.9 Å². The van der Waals surface area contributed by atoms with Gasteiger partial charge in [-0.05, 0) is 29.3 Å². The van der Waals surface area contributed by atoms with Crippen molar-refractivity contribution >= 4 is 21.3 Å². The second-order valence-corrected chi connectivity index (χ2v) is 8.36. The van der Waals surface area contributed by atoms with Crippen LogP contribution in [0.15, 0.2) is 0 Å². The molecule has 0 rings (SSSR count). The van der Waals surface area contributed by atoms with Crippen LogP contribution in [0.2, 0.25) is 0 Å². The third-order valence-corrected chi connectivity index (χ3v) is 6.60. The van der Waals surface area contributed by atoms with Gasteiger partial charge in [0.25, 0.3) is 0 Å². The molecule has 110 valence electrons. The molecule has 0 heterocycles. The van der Waals surface area contributed by atoms with Crippen molar-refractivity contribution in [1.29, 1.82) is 0 Å². The van der Waals surface area contributed by atoms with Crippen molar-refractivity contribution in [1.82, 2.24) is 0 Å². The van der Waals surface area contributed by atoms with Crippen LogP contribution in [0.3, 0.4) is 0 Å². The second kappa shape index (κ2) is 11.1. The highest BCUT2D eigenvalue weighted by atomic mass is 32.3. The lowest BCUT2D eigenvalue weighted by Gasteiger charge is -2.06. The zero-order valence-corrected chi connectivity index (χ0v) is 13.7. The first kappa shape index (κ1) is 18.3. The highest BCUT2D eigenvalue weighted by Gasteiger charge is 2.27. The molecule has 0 amide bonds. The molecule has 0 saturated carbocycles. The summed E-state index contributed by atoms with van der Waals surface area (Å²) in [7, 11) is -3.29. The highest BCUT2D eigenvalue weighted by Crippen LogP contribution is 2.13. The molecule has 0 aliphatic heterocycles. The van der Waals surface area contributed by atoms with Crippen LogP contribution >= 0.6 is 0 Å². The Hall–Kier alpha value is 0.260. The third-order valence-electron chi connectivity index (χ3n) is 2.61. The predicted octanol–water partition coefficient (Wildman–Crippen LogP) is 3.66. The van der Waals surface area contributed by atoms with E-state index in [4.69, 9.17) is 3.63 Å². The first-order chi connectivity index (χ1) is 8.55. The lowest BCUT2D eigenvalue weighted by Crippen LogP contribution is -2.22. The van der Waals surface area contributed by atoms with E-state index in [1.807, 2.05) is 6.92 Å². The summed E-state index contributed by atoms with van der Waals surface area (Å²) in [6.07, 6.45) is 7.48. The zero-order valence-electron chi connectivity index (χ0n) is 12.1. The van der Waals surface area contributed by atoms with E-state index in [0.29, 0.717) is 6.42 Å². The Balaban J connectivity index is 4.12. The fraction of sp³-hybridized carbons (Fsp3) is 1.00. The van der Waals surface area contributed by atoms with Crippen LogP contribution in [-0.4, -0.2) is 25.7 Å². The molecular weight excluding hydrogens is 268 g/mol. The van der Waals surface area contributed by atoms with Gasteiger partial charge in [-0.3, -0.25) is 0 Å². The summed E-state index contributed by atoms with van der Waals surface area (Å²) in [6, 6.07) is 0. The third kappa shape index (κ3) is 10.2. The standard InChI is InChI=1S/C13H29O3S2/c1-4-7-9-10-12-17(11-8-5-2)16-18(14,15)13-6-3/h4-13H2,1-3H3/q+1. The summed E-state index contributed by atoms with van der Waals surface area (Å²) in [5.74, 6) is 1.95. The Morgan fingerprint density at radius 3 is 2.00 bits per heavy atom. The van der Waals surface area contributed by atoms with Crippen molar-refractivity contribution in [2.75, 3.05) is 17.3 Å². The van der Waals surface area contributed by atoms with Gasteiger partial charge in [-0.15, -0.1) is 0 Å². The van der Waals surface area contributed by atoms with Crippen molar-refractivity contribution in [2.24, 2.45) is 0 Å². The maximum atomic E-state index is 11.7. The first-order valence-electron chi connectivity index (χ1n) is 7.15. The summed E-state index contributed by atoms with van der Waals surface area (Å²) in [5, 5.41) is 0. The van der Waals surface area contributed by atoms with E-state index in [2.05, 4.69) is 13.8 Å². The summed E-state index contributed by atoms with van der Waals surface area (Å²) in [6.45, 7) is 6.17. The topological polar surface area (TPSA) is 43.4 Å². The van der Waals surface area contributed by atoms with Gasteiger partial charge in [0.05, 0.1) is 5.75 Å². The first-order valence-corrected chi connectivity index (χ1v) is 10.2. The van der Waals surface area contributed by atoms with Gasteiger partial charge in [0, 0.05) is 0 Å². The number of hydrogen-bond donors (Lipinski definition) is 0. The van der Waals surface area contributed by atoms with E-state index in [1.54, 1.807) is 0 Å². The Morgan fingerprint density at radius 1 is 0.833 bits per heavy atom. The Kier molecular flexibility index (Phi) is 11.3. The molecule has 0 aliphatic carbocycles. The molecule has 1 atom stereocenters. The van der Waals surface area contributed by atoms with Crippen LogP contribution in [-0.2, 0) is 24.9 Å². The van der Waals surface area contributed by atoms with Crippen LogP contribution in [0.1, 0.15) is 65.7 Å². The minimum Gasteiger partial charge on any atom is -0.195 e. The zero-order chi connectivity index (χ0) is 13.9. The fourth-order valence-electron chi connectivity index (χ4n) is 1.60. The fourth-order valence-corrected chi connectivity index (χ4v) is 5.43. The molecule has 0 aliphatic rings. The monoisotopic (exact) mass is 297 g/mol. The van der Waals surface area contributed by atoms with Crippen molar-refractivity contribution in [3.05, 3.63) is 0 Å². The maximum absolute atomic E-state index is 11.7. The summed E-state index contributed by atoms with van der Waals surface area (Å²) in [5.41, 5.74) is 0. The quantitative estimate of drug-likeness (QED) is 0.408. The molecule has 18 heavy (non-hydrogen) atoms. The van der Waals surface area contributed by atoms with Gasteiger partial charge in [0.15, 0.2) is 11.2 Å². The molecule has 3 nitrogen and oxygen atoms in total. The maximum Gasteiger partial charge on any atom is 0.311 e. The lowest BCUT2D eigenvalue weighted by atomic mass is 10.2. The van der Waals surface area contributed by atoms with Crippen LogP contribution in [0.5, 0.6) is 0 Å². The van der Waals surface area contributed by atoms with Gasteiger partial charge in [0.1, 0.15) is 11.5 Å². The molecule has 0 aromatic heterocycles. The van der Waals surface area contributed by atoms with Crippen molar-refractivity contribution in [2.45, 2.75) is 65.7 Å². The molecule has 5 heteroatoms. The molecule has 0 spiro atoms. The van der Waals surface area contributed by atoms with Crippen molar-refractivity contribution in [3.63, 3.8) is 0 Å². The summed E-state index contributed by atoms with van der Waals surface area (Å²) < 4.78 is 28.7. The van der Waals surface area contributed by atoms with E-state index in [0.717, 1.165) is 30.8 Å². The van der Waals surface area contributed by atoms with Gasteiger partial charge < -0.3 is 0 Å². The van der Waals surface area contributed by atoms with E-state index in [9.17, 15) is 8.42 Å². The molecule has 0 fully saturated rings. The van der Waals surface area contributed by atoms with Crippen molar-refractivity contribution in [3.8, 4) is 0 Å². The van der Waals surface area contributed by atoms with E-state index < -0.39 is 10.1 Å². The van der Waals surface area contributed by atoms with Gasteiger partial charge in [-0.1, -0.05) is 40.0 Å². The van der Waals surface area contributed by atoms with Crippen LogP contribution in [0.4, 0.5) is 0 Å². The molecule has 0 aromatic carbocycles. The van der Waals surface area contributed by atoms with Gasteiger partial charge in [0.2, 0.25) is 0 Å². The van der Waals surface area contributed by atoms with E-state index in [1.165, 1.54) is 19.3 Å². The molecule has 0 aromatic rings. The van der Waals surface area contributed by atoms with Crippen LogP contribution < -0.4 is 0 Å². The number of rotatable bonds is 12. The smallest absolute Gasteiger partial charge is 0.195 e. The van der Waals surface area contributed by atoms with Gasteiger partial charge in [-0.25, -0.2) is 0 Å². The summed E-state index contributed by atoms with van der Waals surface area (Å²) in [4.78, 5) is 0. The molecule has 1 unspecified atom stereocenters. The minimum absolute atomic E-state index is 0.150. The molecule has 0 N–H and O–H groups in total. The van der Waals surface area contributed by atoms with E-state index >= 15 is 0 Å². The SMILES string of the molecule is CCCCCC[S+](CCCC)OS(=O)(=O)CCC. The van der Waals surface area contributed by atoms with Gasteiger partial charge in [-0.2, -0.15) is 8.42 Å².